The molecule has 0 heterocycles. The van der Waals surface area contributed by atoms with Gasteiger partial charge in [-0.2, -0.15) is 0 Å². The molecular formula is C15H22N2. The highest BCUT2D eigenvalue weighted by atomic mass is 14.9. The molecule has 0 saturated heterocycles. The third kappa shape index (κ3) is 4.60. The van der Waals surface area contributed by atoms with Crippen molar-refractivity contribution in [2.45, 2.75) is 26.3 Å². The van der Waals surface area contributed by atoms with E-state index in [1.165, 1.54) is 11.1 Å². The molecule has 0 aromatic heterocycles. The largest absolute Gasteiger partial charge is 0.329 e. The maximum atomic E-state index is 5.73. The molecule has 2 heteroatoms. The van der Waals surface area contributed by atoms with Crippen LogP contribution in [0.15, 0.2) is 24.3 Å². The zero-order chi connectivity index (χ0) is 12.7. The van der Waals surface area contributed by atoms with E-state index in [2.05, 4.69) is 49.4 Å². The molecule has 92 valence electrons. The minimum atomic E-state index is 0.152. The van der Waals surface area contributed by atoms with Crippen LogP contribution in [0.4, 0.5) is 0 Å². The van der Waals surface area contributed by atoms with Crippen molar-refractivity contribution in [1.82, 2.24) is 5.32 Å². The molecule has 0 radical (unpaired) electrons. The van der Waals surface area contributed by atoms with Gasteiger partial charge in [0.25, 0.3) is 0 Å². The van der Waals surface area contributed by atoms with Gasteiger partial charge in [-0.15, -0.1) is 6.42 Å². The van der Waals surface area contributed by atoms with Crippen LogP contribution in [-0.4, -0.2) is 13.1 Å². The maximum Gasteiger partial charge on any atom is 0.0578 e. The summed E-state index contributed by atoms with van der Waals surface area (Å²) in [6.45, 7) is 5.57. The number of hydrogen-bond donors (Lipinski definition) is 2. The lowest BCUT2D eigenvalue weighted by Crippen LogP contribution is -2.28. The second kappa shape index (κ2) is 7.11. The molecule has 0 bridgehead atoms. The van der Waals surface area contributed by atoms with Gasteiger partial charge in [0.2, 0.25) is 0 Å². The topological polar surface area (TPSA) is 38.0 Å². The first-order chi connectivity index (χ1) is 8.17. The third-order valence-electron chi connectivity index (χ3n) is 2.71. The van der Waals surface area contributed by atoms with Crippen molar-refractivity contribution < 1.29 is 0 Å². The SMILES string of the molecule is C#CCNC(CN)c1ccc(CC(C)C)cc1. The van der Waals surface area contributed by atoms with Crippen LogP contribution in [0.3, 0.4) is 0 Å². The quantitative estimate of drug-likeness (QED) is 0.735. The fourth-order valence-corrected chi connectivity index (χ4v) is 1.88. The van der Waals surface area contributed by atoms with Gasteiger partial charge in [0, 0.05) is 12.6 Å². The van der Waals surface area contributed by atoms with Crippen LogP contribution in [0, 0.1) is 18.3 Å². The van der Waals surface area contributed by atoms with Crippen LogP contribution >= 0.6 is 0 Å². The van der Waals surface area contributed by atoms with Crippen LogP contribution in [0.25, 0.3) is 0 Å². The lowest BCUT2D eigenvalue weighted by Gasteiger charge is -2.16. The van der Waals surface area contributed by atoms with Gasteiger partial charge in [0.1, 0.15) is 0 Å². The third-order valence-corrected chi connectivity index (χ3v) is 2.71. The van der Waals surface area contributed by atoms with Crippen molar-refractivity contribution >= 4 is 0 Å². The van der Waals surface area contributed by atoms with Crippen molar-refractivity contribution in [2.75, 3.05) is 13.1 Å². The standard InChI is InChI=1S/C15H22N2/c1-4-9-17-15(11-16)14-7-5-13(6-8-14)10-12(2)3/h1,5-8,12,15,17H,9-11,16H2,2-3H3. The van der Waals surface area contributed by atoms with Crippen molar-refractivity contribution in [3.05, 3.63) is 35.4 Å². The molecule has 1 rings (SSSR count). The van der Waals surface area contributed by atoms with E-state index in [0.717, 1.165) is 6.42 Å². The Hall–Kier alpha value is -1.30. The molecule has 0 amide bonds. The van der Waals surface area contributed by atoms with Crippen LogP contribution in [0.1, 0.15) is 31.0 Å². The Morgan fingerprint density at radius 3 is 2.41 bits per heavy atom. The molecule has 1 unspecified atom stereocenters. The first-order valence-electron chi connectivity index (χ1n) is 6.13. The zero-order valence-corrected chi connectivity index (χ0v) is 10.7. The predicted molar refractivity (Wildman–Crippen MR) is 73.6 cm³/mol. The highest BCUT2D eigenvalue weighted by Gasteiger charge is 2.08. The van der Waals surface area contributed by atoms with Gasteiger partial charge in [-0.05, 0) is 23.5 Å². The van der Waals surface area contributed by atoms with Gasteiger partial charge in [-0.25, -0.2) is 0 Å². The van der Waals surface area contributed by atoms with E-state index in [-0.39, 0.29) is 6.04 Å². The number of hydrogen-bond acceptors (Lipinski definition) is 2. The molecule has 2 nitrogen and oxygen atoms in total. The van der Waals surface area contributed by atoms with Crippen molar-refractivity contribution in [3.8, 4) is 12.3 Å². The first kappa shape index (κ1) is 13.8. The molecule has 1 aromatic carbocycles. The average Bonchev–Trinajstić information content (AvgIpc) is 2.31. The van der Waals surface area contributed by atoms with Gasteiger partial charge in [0.15, 0.2) is 0 Å². The van der Waals surface area contributed by atoms with Crippen LogP contribution in [0.2, 0.25) is 0 Å². The van der Waals surface area contributed by atoms with Crippen LogP contribution in [0.5, 0.6) is 0 Å². The summed E-state index contributed by atoms with van der Waals surface area (Å²) < 4.78 is 0. The normalized spacial score (nSPS) is 12.4. The molecule has 0 fully saturated rings. The molecular weight excluding hydrogens is 208 g/mol. The summed E-state index contributed by atoms with van der Waals surface area (Å²) >= 11 is 0. The highest BCUT2D eigenvalue weighted by Crippen LogP contribution is 2.15. The first-order valence-corrected chi connectivity index (χ1v) is 6.13. The summed E-state index contributed by atoms with van der Waals surface area (Å²) in [5.74, 6) is 3.26. The summed E-state index contributed by atoms with van der Waals surface area (Å²) in [4.78, 5) is 0. The fourth-order valence-electron chi connectivity index (χ4n) is 1.88. The smallest absolute Gasteiger partial charge is 0.0578 e. The predicted octanol–water partition coefficient (Wildman–Crippen LogP) is 2.11. The Balaban J connectivity index is 2.68. The van der Waals surface area contributed by atoms with Crippen molar-refractivity contribution in [3.63, 3.8) is 0 Å². The number of terminal acetylenes is 1. The summed E-state index contributed by atoms with van der Waals surface area (Å²) in [6.07, 6.45) is 6.35. The summed E-state index contributed by atoms with van der Waals surface area (Å²) in [7, 11) is 0. The molecule has 0 aliphatic carbocycles. The molecule has 17 heavy (non-hydrogen) atoms. The van der Waals surface area contributed by atoms with E-state index >= 15 is 0 Å². The molecule has 1 aromatic rings. The minimum Gasteiger partial charge on any atom is -0.329 e. The average molecular weight is 230 g/mol. The monoisotopic (exact) mass is 230 g/mol. The lowest BCUT2D eigenvalue weighted by atomic mass is 9.99. The van der Waals surface area contributed by atoms with E-state index in [0.29, 0.717) is 19.0 Å². The molecule has 0 saturated carbocycles. The maximum absolute atomic E-state index is 5.73. The minimum absolute atomic E-state index is 0.152. The fraction of sp³-hybridized carbons (Fsp3) is 0.467. The Labute approximate surface area is 105 Å². The Morgan fingerprint density at radius 2 is 1.94 bits per heavy atom. The Morgan fingerprint density at radius 1 is 1.29 bits per heavy atom. The highest BCUT2D eigenvalue weighted by molar-refractivity contribution is 5.25. The van der Waals surface area contributed by atoms with Crippen LogP contribution in [-0.2, 0) is 6.42 Å². The lowest BCUT2D eigenvalue weighted by molar-refractivity contribution is 0.581. The number of nitrogens with two attached hydrogens (primary N) is 1. The zero-order valence-electron chi connectivity index (χ0n) is 10.7. The number of rotatable bonds is 6. The van der Waals surface area contributed by atoms with Gasteiger partial charge < -0.3 is 5.73 Å². The summed E-state index contributed by atoms with van der Waals surface area (Å²) in [5.41, 5.74) is 8.31. The van der Waals surface area contributed by atoms with Gasteiger partial charge in [-0.3, -0.25) is 5.32 Å². The van der Waals surface area contributed by atoms with E-state index < -0.39 is 0 Å². The number of nitrogens with one attached hydrogen (secondary N) is 1. The van der Waals surface area contributed by atoms with E-state index in [1.807, 2.05) is 0 Å². The Kier molecular flexibility index (Phi) is 5.76. The summed E-state index contributed by atoms with van der Waals surface area (Å²) in [5, 5.41) is 3.23. The molecule has 0 spiro atoms. The van der Waals surface area contributed by atoms with Gasteiger partial charge >= 0.3 is 0 Å². The molecule has 0 aliphatic rings. The second-order valence-corrected chi connectivity index (χ2v) is 4.71. The van der Waals surface area contributed by atoms with Crippen LogP contribution < -0.4 is 11.1 Å². The molecule has 3 N–H and O–H groups in total. The van der Waals surface area contributed by atoms with Crippen molar-refractivity contribution in [2.24, 2.45) is 11.7 Å². The van der Waals surface area contributed by atoms with Crippen molar-refractivity contribution in [1.29, 1.82) is 0 Å². The van der Waals surface area contributed by atoms with Gasteiger partial charge in [0.05, 0.1) is 6.54 Å². The van der Waals surface area contributed by atoms with E-state index in [4.69, 9.17) is 12.2 Å². The summed E-state index contributed by atoms with van der Waals surface area (Å²) in [6, 6.07) is 8.78. The van der Waals surface area contributed by atoms with E-state index in [9.17, 15) is 0 Å². The molecule has 0 aliphatic heterocycles. The second-order valence-electron chi connectivity index (χ2n) is 4.71. The van der Waals surface area contributed by atoms with E-state index in [1.54, 1.807) is 0 Å². The van der Waals surface area contributed by atoms with Gasteiger partial charge in [-0.1, -0.05) is 44.0 Å². The number of benzene rings is 1. The molecule has 1 atom stereocenters. The Bertz CT molecular complexity index is 360.